The molecule has 0 atom stereocenters. The number of nitrogens with two attached hydrogens (primary N) is 1. The van der Waals surface area contributed by atoms with E-state index in [2.05, 4.69) is 4.98 Å². The first-order valence-corrected chi connectivity index (χ1v) is 5.69. The maximum atomic E-state index is 13.4. The molecule has 0 saturated carbocycles. The first kappa shape index (κ1) is 11.1. The van der Waals surface area contributed by atoms with Gasteiger partial charge in [0.15, 0.2) is 0 Å². The summed E-state index contributed by atoms with van der Waals surface area (Å²) in [5.74, 6) is -0.235. The summed E-state index contributed by atoms with van der Waals surface area (Å²) in [7, 11) is 0. The van der Waals surface area contributed by atoms with Crippen molar-refractivity contribution in [3.8, 4) is 0 Å². The normalized spacial score (nSPS) is 10.4. The molecular weight excluding hydrogens is 223 g/mol. The Kier molecular flexibility index (Phi) is 3.54. The Hall–Kier alpha value is -1.39. The van der Waals surface area contributed by atoms with Crippen LogP contribution in [-0.4, -0.2) is 4.98 Å². The van der Waals surface area contributed by atoms with Crippen LogP contribution < -0.4 is 5.73 Å². The van der Waals surface area contributed by atoms with E-state index in [1.165, 1.54) is 17.8 Å². The molecule has 0 spiro atoms. The van der Waals surface area contributed by atoms with Crippen molar-refractivity contribution in [2.45, 2.75) is 16.5 Å². The van der Waals surface area contributed by atoms with E-state index < -0.39 is 0 Å². The molecule has 0 amide bonds. The Morgan fingerprint density at radius 3 is 2.75 bits per heavy atom. The maximum absolute atomic E-state index is 13.4. The highest BCUT2D eigenvalue weighted by atomic mass is 32.2. The lowest BCUT2D eigenvalue weighted by Crippen LogP contribution is -1.99. The zero-order valence-electron chi connectivity index (χ0n) is 8.56. The zero-order chi connectivity index (χ0) is 11.4. The van der Waals surface area contributed by atoms with Crippen molar-refractivity contribution < 1.29 is 4.39 Å². The molecule has 82 valence electrons. The highest BCUT2D eigenvalue weighted by Crippen LogP contribution is 2.30. The van der Waals surface area contributed by atoms with Gasteiger partial charge in [-0.05, 0) is 23.8 Å². The van der Waals surface area contributed by atoms with Crippen LogP contribution in [0.3, 0.4) is 0 Å². The fourth-order valence-electron chi connectivity index (χ4n) is 1.30. The van der Waals surface area contributed by atoms with Crippen molar-refractivity contribution in [3.63, 3.8) is 0 Å². The Balaban J connectivity index is 2.30. The highest BCUT2D eigenvalue weighted by Gasteiger charge is 2.07. The lowest BCUT2D eigenvalue weighted by Gasteiger charge is -2.06. The molecule has 0 unspecified atom stereocenters. The lowest BCUT2D eigenvalue weighted by molar-refractivity contribution is 0.602. The minimum absolute atomic E-state index is 0.235. The van der Waals surface area contributed by atoms with E-state index in [0.717, 1.165) is 10.6 Å². The van der Waals surface area contributed by atoms with Gasteiger partial charge in [-0.15, -0.1) is 0 Å². The summed E-state index contributed by atoms with van der Waals surface area (Å²) in [6.45, 7) is 0.407. The molecular formula is C12H11FN2S. The van der Waals surface area contributed by atoms with Gasteiger partial charge in [-0.1, -0.05) is 30.0 Å². The first-order chi connectivity index (χ1) is 7.81. The van der Waals surface area contributed by atoms with Crippen molar-refractivity contribution in [1.29, 1.82) is 0 Å². The predicted molar refractivity (Wildman–Crippen MR) is 62.7 cm³/mol. The van der Waals surface area contributed by atoms with E-state index in [1.807, 2.05) is 12.1 Å². The molecule has 0 aliphatic rings. The molecule has 0 radical (unpaired) electrons. The number of halogens is 1. The number of benzene rings is 1. The Morgan fingerprint density at radius 1 is 1.19 bits per heavy atom. The molecule has 0 aliphatic carbocycles. The van der Waals surface area contributed by atoms with Gasteiger partial charge in [0.25, 0.3) is 0 Å². The van der Waals surface area contributed by atoms with Gasteiger partial charge in [-0.3, -0.25) is 0 Å². The van der Waals surface area contributed by atoms with E-state index in [-0.39, 0.29) is 5.82 Å². The van der Waals surface area contributed by atoms with Crippen LogP contribution in [0.2, 0.25) is 0 Å². The standard InChI is InChI=1S/C12H11FN2S/c13-10-5-1-2-6-11(10)16-12-9(8-14)4-3-7-15-12/h1-7H,8,14H2. The fraction of sp³-hybridized carbons (Fsp3) is 0.0833. The van der Waals surface area contributed by atoms with Gasteiger partial charge in [-0.2, -0.15) is 0 Å². The molecule has 2 nitrogen and oxygen atoms in total. The van der Waals surface area contributed by atoms with Crippen LogP contribution in [0.1, 0.15) is 5.56 Å². The third-order valence-electron chi connectivity index (χ3n) is 2.11. The number of hydrogen-bond acceptors (Lipinski definition) is 3. The van der Waals surface area contributed by atoms with Gasteiger partial charge < -0.3 is 5.73 Å². The van der Waals surface area contributed by atoms with E-state index in [1.54, 1.807) is 24.4 Å². The number of rotatable bonds is 3. The molecule has 1 heterocycles. The fourth-order valence-corrected chi connectivity index (χ4v) is 2.22. The van der Waals surface area contributed by atoms with Gasteiger partial charge in [0, 0.05) is 17.6 Å². The Bertz CT molecular complexity index is 488. The number of nitrogens with zero attached hydrogens (tertiary/aromatic N) is 1. The second-order valence-corrected chi connectivity index (χ2v) is 4.23. The molecule has 4 heteroatoms. The van der Waals surface area contributed by atoms with E-state index in [9.17, 15) is 4.39 Å². The van der Waals surface area contributed by atoms with Crippen LogP contribution >= 0.6 is 11.8 Å². The summed E-state index contributed by atoms with van der Waals surface area (Å²) in [4.78, 5) is 4.77. The number of aromatic nitrogens is 1. The largest absolute Gasteiger partial charge is 0.326 e. The molecule has 0 bridgehead atoms. The second-order valence-electron chi connectivity index (χ2n) is 3.20. The minimum Gasteiger partial charge on any atom is -0.326 e. The first-order valence-electron chi connectivity index (χ1n) is 4.87. The summed E-state index contributed by atoms with van der Waals surface area (Å²) in [5, 5.41) is 0.759. The third kappa shape index (κ3) is 2.40. The van der Waals surface area contributed by atoms with Crippen LogP contribution in [0, 0.1) is 5.82 Å². The van der Waals surface area contributed by atoms with Crippen molar-refractivity contribution >= 4 is 11.8 Å². The quantitative estimate of drug-likeness (QED) is 0.887. The molecule has 2 rings (SSSR count). The van der Waals surface area contributed by atoms with E-state index in [0.29, 0.717) is 11.4 Å². The van der Waals surface area contributed by atoms with Gasteiger partial charge in [0.05, 0.1) is 0 Å². The monoisotopic (exact) mass is 234 g/mol. The van der Waals surface area contributed by atoms with Gasteiger partial charge >= 0.3 is 0 Å². The molecule has 1 aromatic carbocycles. The Morgan fingerprint density at radius 2 is 2.00 bits per heavy atom. The van der Waals surface area contributed by atoms with Crippen molar-refractivity contribution in [1.82, 2.24) is 4.98 Å². The average molecular weight is 234 g/mol. The maximum Gasteiger partial charge on any atom is 0.137 e. The number of pyridine rings is 1. The van der Waals surface area contributed by atoms with Crippen molar-refractivity contribution in [2.24, 2.45) is 5.73 Å². The van der Waals surface area contributed by atoms with Crippen LogP contribution in [0.15, 0.2) is 52.5 Å². The smallest absolute Gasteiger partial charge is 0.137 e. The SMILES string of the molecule is NCc1cccnc1Sc1ccccc1F. The van der Waals surface area contributed by atoms with Gasteiger partial charge in [0.2, 0.25) is 0 Å². The molecule has 0 aliphatic heterocycles. The Labute approximate surface area is 97.7 Å². The zero-order valence-corrected chi connectivity index (χ0v) is 9.38. The topological polar surface area (TPSA) is 38.9 Å². The summed E-state index contributed by atoms with van der Waals surface area (Å²) in [5.41, 5.74) is 6.52. The lowest BCUT2D eigenvalue weighted by atomic mass is 10.3. The van der Waals surface area contributed by atoms with Gasteiger partial charge in [0.1, 0.15) is 10.8 Å². The van der Waals surface area contributed by atoms with Crippen LogP contribution in [0.5, 0.6) is 0 Å². The summed E-state index contributed by atoms with van der Waals surface area (Å²) in [6.07, 6.45) is 1.68. The van der Waals surface area contributed by atoms with Crippen LogP contribution in [0.25, 0.3) is 0 Å². The summed E-state index contributed by atoms with van der Waals surface area (Å²) < 4.78 is 13.4. The summed E-state index contributed by atoms with van der Waals surface area (Å²) in [6, 6.07) is 10.4. The molecule has 16 heavy (non-hydrogen) atoms. The van der Waals surface area contributed by atoms with Crippen molar-refractivity contribution in [2.75, 3.05) is 0 Å². The highest BCUT2D eigenvalue weighted by molar-refractivity contribution is 7.99. The van der Waals surface area contributed by atoms with Crippen LogP contribution in [-0.2, 0) is 6.54 Å². The van der Waals surface area contributed by atoms with Crippen LogP contribution in [0.4, 0.5) is 4.39 Å². The second kappa shape index (κ2) is 5.09. The molecule has 1 aromatic heterocycles. The molecule has 0 saturated heterocycles. The van der Waals surface area contributed by atoms with Gasteiger partial charge in [-0.25, -0.2) is 9.37 Å². The molecule has 0 fully saturated rings. The van der Waals surface area contributed by atoms with Crippen molar-refractivity contribution in [3.05, 3.63) is 54.0 Å². The minimum atomic E-state index is -0.235. The van der Waals surface area contributed by atoms with E-state index >= 15 is 0 Å². The molecule has 2 aromatic rings. The molecule has 2 N–H and O–H groups in total. The third-order valence-corrected chi connectivity index (χ3v) is 3.23. The predicted octanol–water partition coefficient (Wildman–Crippen LogP) is 2.83. The number of hydrogen-bond donors (Lipinski definition) is 1. The van der Waals surface area contributed by atoms with E-state index in [4.69, 9.17) is 5.73 Å². The average Bonchev–Trinajstić information content (AvgIpc) is 2.33. The summed E-state index contributed by atoms with van der Waals surface area (Å²) >= 11 is 1.30.